The van der Waals surface area contributed by atoms with Gasteiger partial charge in [-0.1, -0.05) is 12.5 Å². The van der Waals surface area contributed by atoms with Gasteiger partial charge < -0.3 is 5.32 Å². The molecule has 1 saturated heterocycles. The molecule has 1 N–H and O–H groups in total. The van der Waals surface area contributed by atoms with Crippen molar-refractivity contribution in [3.63, 3.8) is 0 Å². The number of piperidine rings is 1. The Hall–Kier alpha value is -1.18. The van der Waals surface area contributed by atoms with E-state index in [-0.39, 0.29) is 10.8 Å². The van der Waals surface area contributed by atoms with Crippen molar-refractivity contribution in [2.45, 2.75) is 24.2 Å². The van der Waals surface area contributed by atoms with Crippen LogP contribution in [0.2, 0.25) is 0 Å². The summed E-state index contributed by atoms with van der Waals surface area (Å²) < 4.78 is 27.4. The number of nitrogens with zero attached hydrogens (tertiary/aromatic N) is 1. The van der Waals surface area contributed by atoms with Crippen molar-refractivity contribution in [3.05, 3.63) is 40.9 Å². The Bertz CT molecular complexity index is 667. The highest BCUT2D eigenvalue weighted by Crippen LogP contribution is 2.25. The largest absolute Gasteiger partial charge is 0.349 e. The van der Waals surface area contributed by atoms with Gasteiger partial charge in [-0.25, -0.2) is 8.42 Å². The summed E-state index contributed by atoms with van der Waals surface area (Å²) in [5.74, 6) is -0.331. The van der Waals surface area contributed by atoms with Crippen molar-refractivity contribution in [2.75, 3.05) is 19.6 Å². The lowest BCUT2D eigenvalue weighted by atomic mass is 10.2. The Balaban J connectivity index is 2.31. The summed E-state index contributed by atoms with van der Waals surface area (Å²) in [5.41, 5.74) is 0.305. The molecule has 0 aromatic heterocycles. The second-order valence-corrected chi connectivity index (χ2v) is 7.90. The van der Waals surface area contributed by atoms with Gasteiger partial charge in [0.05, 0.1) is 10.5 Å². The van der Waals surface area contributed by atoms with Gasteiger partial charge in [0.25, 0.3) is 5.91 Å². The van der Waals surface area contributed by atoms with Gasteiger partial charge in [0.15, 0.2) is 0 Å². The quantitative estimate of drug-likeness (QED) is 0.790. The first-order valence-corrected chi connectivity index (χ1v) is 9.39. The third-order valence-corrected chi connectivity index (χ3v) is 6.13. The molecule has 22 heavy (non-hydrogen) atoms. The van der Waals surface area contributed by atoms with E-state index < -0.39 is 10.0 Å². The first kappa shape index (κ1) is 17.2. The highest BCUT2D eigenvalue weighted by molar-refractivity contribution is 9.10. The standard InChI is InChI=1S/C15H19BrN2O3S/c1-2-8-17-15(19)13-11-12(6-7-14(13)16)22(20,21)18-9-4-3-5-10-18/h2,6-7,11H,1,3-5,8-10H2,(H,17,19). The molecule has 0 saturated carbocycles. The smallest absolute Gasteiger partial charge is 0.252 e. The van der Waals surface area contributed by atoms with E-state index in [0.29, 0.717) is 29.7 Å². The zero-order chi connectivity index (χ0) is 16.2. The van der Waals surface area contributed by atoms with E-state index in [1.54, 1.807) is 12.1 Å². The Morgan fingerprint density at radius 2 is 2.00 bits per heavy atom. The Kier molecular flexibility index (Phi) is 5.77. The maximum absolute atomic E-state index is 12.7. The Morgan fingerprint density at radius 3 is 2.64 bits per heavy atom. The summed E-state index contributed by atoms with van der Waals surface area (Å²) in [4.78, 5) is 12.2. The molecule has 1 aromatic carbocycles. The van der Waals surface area contributed by atoms with Crippen LogP contribution < -0.4 is 5.32 Å². The molecule has 0 atom stereocenters. The van der Waals surface area contributed by atoms with Gasteiger partial charge >= 0.3 is 0 Å². The number of sulfonamides is 1. The van der Waals surface area contributed by atoms with Gasteiger partial charge in [-0.3, -0.25) is 4.79 Å². The van der Waals surface area contributed by atoms with Crippen LogP contribution >= 0.6 is 15.9 Å². The van der Waals surface area contributed by atoms with Crippen LogP contribution in [0.1, 0.15) is 29.6 Å². The number of carbonyl (C=O) groups is 1. The average molecular weight is 387 g/mol. The van der Waals surface area contributed by atoms with Crippen LogP contribution in [-0.4, -0.2) is 38.3 Å². The minimum absolute atomic E-state index is 0.154. The maximum atomic E-state index is 12.7. The second-order valence-electron chi connectivity index (χ2n) is 5.11. The molecule has 5 nitrogen and oxygen atoms in total. The molecule has 1 aromatic rings. The number of halogens is 1. The lowest BCUT2D eigenvalue weighted by Gasteiger charge is -2.26. The van der Waals surface area contributed by atoms with Gasteiger partial charge in [-0.2, -0.15) is 4.31 Å². The summed E-state index contributed by atoms with van der Waals surface area (Å²) >= 11 is 3.29. The lowest BCUT2D eigenvalue weighted by Crippen LogP contribution is -2.35. The zero-order valence-electron chi connectivity index (χ0n) is 12.2. The molecule has 0 bridgehead atoms. The molecular formula is C15H19BrN2O3S. The van der Waals surface area contributed by atoms with E-state index in [9.17, 15) is 13.2 Å². The molecule has 7 heteroatoms. The molecule has 0 aliphatic carbocycles. The minimum atomic E-state index is -3.54. The van der Waals surface area contributed by atoms with Crippen molar-refractivity contribution >= 4 is 31.9 Å². The van der Waals surface area contributed by atoms with Crippen molar-refractivity contribution in [1.29, 1.82) is 0 Å². The molecule has 1 aliphatic rings. The summed E-state index contributed by atoms with van der Waals surface area (Å²) in [7, 11) is -3.54. The van der Waals surface area contributed by atoms with E-state index in [1.165, 1.54) is 16.4 Å². The van der Waals surface area contributed by atoms with Gasteiger partial charge in [-0.05, 0) is 47.0 Å². The molecular weight excluding hydrogens is 368 g/mol. The molecule has 120 valence electrons. The lowest BCUT2D eigenvalue weighted by molar-refractivity contribution is 0.0957. The van der Waals surface area contributed by atoms with Crippen molar-refractivity contribution < 1.29 is 13.2 Å². The first-order chi connectivity index (χ1) is 10.5. The summed E-state index contributed by atoms with van der Waals surface area (Å²) in [6.07, 6.45) is 4.38. The van der Waals surface area contributed by atoms with Crippen LogP contribution in [0.15, 0.2) is 40.2 Å². The number of hydrogen-bond acceptors (Lipinski definition) is 3. The third-order valence-electron chi connectivity index (χ3n) is 3.54. The van der Waals surface area contributed by atoms with Crippen LogP contribution in [0.3, 0.4) is 0 Å². The van der Waals surface area contributed by atoms with E-state index >= 15 is 0 Å². The fourth-order valence-electron chi connectivity index (χ4n) is 2.35. The molecule has 1 fully saturated rings. The van der Waals surface area contributed by atoms with E-state index in [0.717, 1.165) is 19.3 Å². The number of hydrogen-bond donors (Lipinski definition) is 1. The van der Waals surface area contributed by atoms with Crippen LogP contribution in [0.5, 0.6) is 0 Å². The molecule has 1 heterocycles. The topological polar surface area (TPSA) is 66.5 Å². The first-order valence-electron chi connectivity index (χ1n) is 7.15. The second kappa shape index (κ2) is 7.39. The van der Waals surface area contributed by atoms with Crippen LogP contribution in [-0.2, 0) is 10.0 Å². The minimum Gasteiger partial charge on any atom is -0.349 e. The fraction of sp³-hybridized carbons (Fsp3) is 0.400. The predicted molar refractivity (Wildman–Crippen MR) is 89.3 cm³/mol. The van der Waals surface area contributed by atoms with Crippen molar-refractivity contribution in [2.24, 2.45) is 0 Å². The third kappa shape index (κ3) is 3.77. The van der Waals surface area contributed by atoms with Crippen LogP contribution in [0.4, 0.5) is 0 Å². The number of amides is 1. The molecule has 0 unspecified atom stereocenters. The number of rotatable bonds is 5. The van der Waals surface area contributed by atoms with Gasteiger partial charge in [0.1, 0.15) is 0 Å². The molecule has 1 aliphatic heterocycles. The SMILES string of the molecule is C=CCNC(=O)c1cc(S(=O)(=O)N2CCCCC2)ccc1Br. The van der Waals surface area contributed by atoms with E-state index in [4.69, 9.17) is 0 Å². The fourth-order valence-corrected chi connectivity index (χ4v) is 4.32. The summed E-state index contributed by atoms with van der Waals surface area (Å²) in [5, 5.41) is 2.65. The van der Waals surface area contributed by atoms with E-state index in [1.807, 2.05) is 0 Å². The molecule has 0 radical (unpaired) electrons. The van der Waals surface area contributed by atoms with Gasteiger partial charge in [-0.15, -0.1) is 6.58 Å². The highest BCUT2D eigenvalue weighted by Gasteiger charge is 2.27. The summed E-state index contributed by atoms with van der Waals surface area (Å²) in [6.45, 7) is 4.94. The maximum Gasteiger partial charge on any atom is 0.252 e. The monoisotopic (exact) mass is 386 g/mol. The van der Waals surface area contributed by atoms with Gasteiger partial charge in [0.2, 0.25) is 10.0 Å². The summed E-state index contributed by atoms with van der Waals surface area (Å²) in [6, 6.07) is 4.55. The Morgan fingerprint density at radius 1 is 1.32 bits per heavy atom. The molecule has 1 amide bonds. The van der Waals surface area contributed by atoms with E-state index in [2.05, 4.69) is 27.8 Å². The normalized spacial score (nSPS) is 16.2. The number of benzene rings is 1. The van der Waals surface area contributed by atoms with Crippen molar-refractivity contribution in [3.8, 4) is 0 Å². The number of carbonyl (C=O) groups excluding carboxylic acids is 1. The molecule has 2 rings (SSSR count). The van der Waals surface area contributed by atoms with Crippen molar-refractivity contribution in [1.82, 2.24) is 9.62 Å². The highest BCUT2D eigenvalue weighted by atomic mass is 79.9. The zero-order valence-corrected chi connectivity index (χ0v) is 14.6. The average Bonchev–Trinajstić information content (AvgIpc) is 2.53. The number of nitrogens with one attached hydrogen (secondary N) is 1. The van der Waals surface area contributed by atoms with Crippen LogP contribution in [0, 0.1) is 0 Å². The molecule has 0 spiro atoms. The predicted octanol–water partition coefficient (Wildman–Crippen LogP) is 2.54. The van der Waals surface area contributed by atoms with Gasteiger partial charge in [0, 0.05) is 24.1 Å². The Labute approximate surface area is 139 Å². The van der Waals surface area contributed by atoms with Crippen LogP contribution in [0.25, 0.3) is 0 Å².